The maximum atomic E-state index is 13.1. The van der Waals surface area contributed by atoms with Gasteiger partial charge in [0.1, 0.15) is 0 Å². The van der Waals surface area contributed by atoms with Gasteiger partial charge < -0.3 is 4.90 Å². The number of anilines is 1. The van der Waals surface area contributed by atoms with E-state index in [2.05, 4.69) is 0 Å². The van der Waals surface area contributed by atoms with E-state index in [0.717, 1.165) is 16.5 Å². The topological polar surface area (TPSA) is 60.9 Å². The first-order valence-corrected chi connectivity index (χ1v) is 12.0. The highest BCUT2D eigenvalue weighted by Gasteiger charge is 2.29. The lowest BCUT2D eigenvalue weighted by Crippen LogP contribution is -2.51. The number of piperazine rings is 1. The molecule has 0 radical (unpaired) electrons. The van der Waals surface area contributed by atoms with Gasteiger partial charge in [-0.1, -0.05) is 54.6 Å². The highest BCUT2D eigenvalue weighted by molar-refractivity contribution is 7.89. The first-order valence-electron chi connectivity index (χ1n) is 10.6. The van der Waals surface area contributed by atoms with Crippen molar-refractivity contribution in [3.63, 3.8) is 0 Å². The monoisotopic (exact) mass is 437 g/mol. The Hall–Kier alpha value is -2.74. The second-order valence-corrected chi connectivity index (χ2v) is 9.57. The average Bonchev–Trinajstić information content (AvgIpc) is 2.81. The third-order valence-corrected chi connectivity index (χ3v) is 7.66. The number of carbonyl (C=O) groups excluding carboxylic acids is 1. The van der Waals surface area contributed by atoms with Gasteiger partial charge in [0.25, 0.3) is 0 Å². The van der Waals surface area contributed by atoms with Gasteiger partial charge in [-0.15, -0.1) is 0 Å². The van der Waals surface area contributed by atoms with Crippen molar-refractivity contribution in [1.82, 2.24) is 9.21 Å². The molecule has 1 fully saturated rings. The molecule has 0 aromatic heterocycles. The molecule has 0 bridgehead atoms. The van der Waals surface area contributed by atoms with Crippen molar-refractivity contribution in [3.05, 3.63) is 72.8 Å². The number of nitrogens with zero attached hydrogens (tertiary/aromatic N) is 3. The van der Waals surface area contributed by atoms with Gasteiger partial charge in [-0.05, 0) is 30.5 Å². The Morgan fingerprint density at radius 2 is 1.52 bits per heavy atom. The smallest absolute Gasteiger partial charge is 0.243 e. The minimum atomic E-state index is -3.49. The summed E-state index contributed by atoms with van der Waals surface area (Å²) in [5.41, 5.74) is 0.913. The van der Waals surface area contributed by atoms with Crippen LogP contribution in [0.1, 0.15) is 6.92 Å². The van der Waals surface area contributed by atoms with Gasteiger partial charge in [0.05, 0.1) is 17.1 Å². The zero-order valence-corrected chi connectivity index (χ0v) is 18.5. The molecule has 0 spiro atoms. The van der Waals surface area contributed by atoms with E-state index in [0.29, 0.717) is 37.6 Å². The molecule has 1 aliphatic heterocycles. The van der Waals surface area contributed by atoms with Crippen molar-refractivity contribution >= 4 is 32.4 Å². The van der Waals surface area contributed by atoms with Crippen LogP contribution in [0.25, 0.3) is 10.8 Å². The summed E-state index contributed by atoms with van der Waals surface area (Å²) in [6.45, 7) is 4.65. The number of likely N-dealkylation sites (N-methyl/N-ethyl adjacent to an activating group) is 1. The van der Waals surface area contributed by atoms with E-state index in [-0.39, 0.29) is 12.5 Å². The Morgan fingerprint density at radius 3 is 2.23 bits per heavy atom. The largest absolute Gasteiger partial charge is 0.311 e. The Balaban J connectivity index is 1.42. The van der Waals surface area contributed by atoms with Gasteiger partial charge in [0.2, 0.25) is 15.9 Å². The highest BCUT2D eigenvalue weighted by Crippen LogP contribution is 2.27. The third-order valence-electron chi connectivity index (χ3n) is 5.75. The molecule has 6 nitrogen and oxygen atoms in total. The summed E-state index contributed by atoms with van der Waals surface area (Å²) in [4.78, 5) is 17.3. The van der Waals surface area contributed by atoms with Gasteiger partial charge in [-0.25, -0.2) is 8.42 Å². The van der Waals surface area contributed by atoms with Crippen LogP contribution in [0.3, 0.4) is 0 Å². The predicted octanol–water partition coefficient (Wildman–Crippen LogP) is 3.20. The third kappa shape index (κ3) is 4.49. The lowest BCUT2D eigenvalue weighted by molar-refractivity contribution is -0.120. The molecular weight excluding hydrogens is 410 g/mol. The van der Waals surface area contributed by atoms with E-state index in [1.165, 1.54) is 4.31 Å². The molecule has 1 amide bonds. The molecule has 0 atom stereocenters. The predicted molar refractivity (Wildman–Crippen MR) is 124 cm³/mol. The van der Waals surface area contributed by atoms with Crippen molar-refractivity contribution in [2.75, 3.05) is 44.2 Å². The van der Waals surface area contributed by atoms with Crippen molar-refractivity contribution in [3.8, 4) is 0 Å². The average molecular weight is 438 g/mol. The summed E-state index contributed by atoms with van der Waals surface area (Å²) >= 11 is 0. The Bertz CT molecular complexity index is 1150. The molecule has 3 aromatic rings. The van der Waals surface area contributed by atoms with Gasteiger partial charge in [-0.2, -0.15) is 4.31 Å². The molecule has 31 heavy (non-hydrogen) atoms. The van der Waals surface area contributed by atoms with Gasteiger partial charge in [-0.3, -0.25) is 9.69 Å². The normalized spacial score (nSPS) is 15.8. The molecule has 7 heteroatoms. The van der Waals surface area contributed by atoms with E-state index in [9.17, 15) is 13.2 Å². The number of sulfonamides is 1. The summed E-state index contributed by atoms with van der Waals surface area (Å²) in [6.07, 6.45) is 0. The number of hydrogen-bond donors (Lipinski definition) is 0. The van der Waals surface area contributed by atoms with Gasteiger partial charge in [0.15, 0.2) is 0 Å². The molecule has 162 valence electrons. The van der Waals surface area contributed by atoms with E-state index in [1.807, 2.05) is 59.2 Å². The molecule has 1 heterocycles. The SMILES string of the molecule is CCN(C(=O)CN1CCN(S(=O)(=O)c2ccccc2)CC1)c1cccc2ccccc12. The minimum Gasteiger partial charge on any atom is -0.311 e. The molecule has 1 aliphatic rings. The van der Waals surface area contributed by atoms with Gasteiger partial charge in [0, 0.05) is 38.1 Å². The molecule has 0 unspecified atom stereocenters. The first-order chi connectivity index (χ1) is 15.0. The molecule has 1 saturated heterocycles. The van der Waals surface area contributed by atoms with Crippen molar-refractivity contribution < 1.29 is 13.2 Å². The van der Waals surface area contributed by atoms with Crippen LogP contribution < -0.4 is 4.90 Å². The molecule has 0 saturated carbocycles. The second kappa shape index (κ2) is 9.18. The van der Waals surface area contributed by atoms with Crippen LogP contribution in [0.15, 0.2) is 77.7 Å². The fraction of sp³-hybridized carbons (Fsp3) is 0.292. The van der Waals surface area contributed by atoms with Crippen LogP contribution in [0.5, 0.6) is 0 Å². The second-order valence-electron chi connectivity index (χ2n) is 7.63. The quantitative estimate of drug-likeness (QED) is 0.594. The molecule has 0 aliphatic carbocycles. The first kappa shape index (κ1) is 21.5. The van der Waals surface area contributed by atoms with E-state index < -0.39 is 10.0 Å². The molecule has 0 N–H and O–H groups in total. The summed E-state index contributed by atoms with van der Waals surface area (Å²) < 4.78 is 27.1. The maximum absolute atomic E-state index is 13.1. The molecular formula is C24H27N3O3S. The van der Waals surface area contributed by atoms with Crippen LogP contribution in [0.2, 0.25) is 0 Å². The molecule has 4 rings (SSSR count). The van der Waals surface area contributed by atoms with E-state index in [1.54, 1.807) is 30.3 Å². The van der Waals surface area contributed by atoms with Crippen LogP contribution in [0, 0.1) is 0 Å². The number of amides is 1. The summed E-state index contributed by atoms with van der Waals surface area (Å²) in [7, 11) is -3.49. The van der Waals surface area contributed by atoms with Crippen LogP contribution in [-0.2, 0) is 14.8 Å². The Labute approximate surface area is 183 Å². The van der Waals surface area contributed by atoms with Crippen LogP contribution >= 0.6 is 0 Å². The number of fused-ring (bicyclic) bond motifs is 1. The maximum Gasteiger partial charge on any atom is 0.243 e. The van der Waals surface area contributed by atoms with Crippen molar-refractivity contribution in [2.24, 2.45) is 0 Å². The standard InChI is InChI=1S/C24H27N3O3S/c1-2-27(23-14-8-10-20-9-6-7-13-22(20)23)24(28)19-25-15-17-26(18-16-25)31(29,30)21-11-4-3-5-12-21/h3-14H,2,15-19H2,1H3. The zero-order chi connectivity index (χ0) is 21.8. The minimum absolute atomic E-state index is 0.0261. The Morgan fingerprint density at radius 1 is 0.871 bits per heavy atom. The summed E-state index contributed by atoms with van der Waals surface area (Å²) in [6, 6.07) is 22.6. The van der Waals surface area contributed by atoms with Gasteiger partial charge >= 0.3 is 0 Å². The fourth-order valence-corrected chi connectivity index (χ4v) is 5.51. The van der Waals surface area contributed by atoms with Crippen LogP contribution in [0.4, 0.5) is 5.69 Å². The number of rotatable bonds is 6. The van der Waals surface area contributed by atoms with Crippen molar-refractivity contribution in [2.45, 2.75) is 11.8 Å². The fourth-order valence-electron chi connectivity index (χ4n) is 4.07. The summed E-state index contributed by atoms with van der Waals surface area (Å²) in [5, 5.41) is 2.16. The summed E-state index contributed by atoms with van der Waals surface area (Å²) in [5.74, 6) is 0.0261. The molecule has 3 aromatic carbocycles. The zero-order valence-electron chi connectivity index (χ0n) is 17.6. The number of carbonyl (C=O) groups is 1. The lowest BCUT2D eigenvalue weighted by atomic mass is 10.1. The van der Waals surface area contributed by atoms with E-state index >= 15 is 0 Å². The Kier molecular flexibility index (Phi) is 6.36. The number of hydrogen-bond acceptors (Lipinski definition) is 4. The van der Waals surface area contributed by atoms with E-state index in [4.69, 9.17) is 0 Å². The number of benzene rings is 3. The lowest BCUT2D eigenvalue weighted by Gasteiger charge is -2.34. The van der Waals surface area contributed by atoms with Crippen molar-refractivity contribution in [1.29, 1.82) is 0 Å². The van der Waals surface area contributed by atoms with Crippen LogP contribution in [-0.4, -0.2) is 62.8 Å². The highest BCUT2D eigenvalue weighted by atomic mass is 32.2.